The average molecular weight is 405 g/mol. The van der Waals surface area contributed by atoms with Crippen molar-refractivity contribution < 1.29 is 32.6 Å². The number of ether oxygens (including phenoxy) is 2. The molecule has 0 aliphatic heterocycles. The molecule has 0 radical (unpaired) electrons. The number of amides is 3. The second-order valence-electron chi connectivity index (χ2n) is 5.29. The standard InChI is InChI=1S/C16H21F2N3O5S/c1-9(25-14(23)11(7-8-27-2)21-16(19)24)13(22)20-10-5-3-4-6-12(10)26-15(17)18/h3-6,9,11,15H,7-8H2,1-2H3,(H,20,22)(H3,19,21,24)/t9-,11+/m1/s1. The maximum atomic E-state index is 12.4. The van der Waals surface area contributed by atoms with Crippen molar-refractivity contribution in [3.63, 3.8) is 0 Å². The molecule has 0 bridgehead atoms. The number of carbonyl (C=O) groups excluding carboxylic acids is 3. The molecule has 0 aromatic heterocycles. The van der Waals surface area contributed by atoms with Crippen LogP contribution in [0.2, 0.25) is 0 Å². The number of anilines is 1. The number of carbonyl (C=O) groups is 3. The van der Waals surface area contributed by atoms with Crippen molar-refractivity contribution in [3.05, 3.63) is 24.3 Å². The fourth-order valence-electron chi connectivity index (χ4n) is 1.97. The SMILES string of the molecule is CSCC[C@H](NC(N)=O)C(=O)O[C@H](C)C(=O)Nc1ccccc1OC(F)F. The minimum Gasteiger partial charge on any atom is -0.451 e. The Kier molecular flexibility index (Phi) is 9.34. The number of halogens is 2. The molecule has 0 fully saturated rings. The van der Waals surface area contributed by atoms with Crippen LogP contribution >= 0.6 is 11.8 Å². The second-order valence-corrected chi connectivity index (χ2v) is 6.27. The Morgan fingerprint density at radius 1 is 1.26 bits per heavy atom. The van der Waals surface area contributed by atoms with Crippen LogP contribution in [-0.2, 0) is 14.3 Å². The van der Waals surface area contributed by atoms with Crippen LogP contribution in [-0.4, -0.2) is 48.7 Å². The summed E-state index contributed by atoms with van der Waals surface area (Å²) in [5.41, 5.74) is 5.03. The van der Waals surface area contributed by atoms with E-state index in [1.54, 1.807) is 0 Å². The van der Waals surface area contributed by atoms with Gasteiger partial charge in [0, 0.05) is 0 Å². The summed E-state index contributed by atoms with van der Waals surface area (Å²) in [5.74, 6) is -1.26. The highest BCUT2D eigenvalue weighted by Crippen LogP contribution is 2.25. The number of thioether (sulfide) groups is 1. The van der Waals surface area contributed by atoms with Gasteiger partial charge in [0.2, 0.25) is 0 Å². The Balaban J connectivity index is 2.73. The van der Waals surface area contributed by atoms with Crippen molar-refractivity contribution in [2.75, 3.05) is 17.3 Å². The summed E-state index contributed by atoms with van der Waals surface area (Å²) in [7, 11) is 0. The van der Waals surface area contributed by atoms with E-state index in [2.05, 4.69) is 15.4 Å². The van der Waals surface area contributed by atoms with Gasteiger partial charge in [-0.3, -0.25) is 4.79 Å². The first-order chi connectivity index (χ1) is 12.7. The molecule has 0 spiro atoms. The summed E-state index contributed by atoms with van der Waals surface area (Å²) in [6, 6.07) is 3.70. The molecule has 1 aromatic rings. The summed E-state index contributed by atoms with van der Waals surface area (Å²) in [6.07, 6.45) is 0.841. The molecular formula is C16H21F2N3O5S. The molecule has 0 unspecified atom stereocenters. The molecule has 11 heteroatoms. The van der Waals surface area contributed by atoms with Crippen molar-refractivity contribution in [3.8, 4) is 5.75 Å². The van der Waals surface area contributed by atoms with Crippen molar-refractivity contribution in [2.45, 2.75) is 32.1 Å². The van der Waals surface area contributed by atoms with Crippen LogP contribution < -0.4 is 21.1 Å². The van der Waals surface area contributed by atoms with Gasteiger partial charge in [0.25, 0.3) is 5.91 Å². The predicted molar refractivity (Wildman–Crippen MR) is 96.8 cm³/mol. The molecule has 0 saturated carbocycles. The molecule has 0 aliphatic carbocycles. The van der Waals surface area contributed by atoms with Gasteiger partial charge in [0.05, 0.1) is 5.69 Å². The van der Waals surface area contributed by atoms with Gasteiger partial charge >= 0.3 is 18.6 Å². The number of urea groups is 1. The smallest absolute Gasteiger partial charge is 0.387 e. The number of benzene rings is 1. The number of alkyl halides is 2. The minimum atomic E-state index is -3.06. The van der Waals surface area contributed by atoms with Gasteiger partial charge in [-0.2, -0.15) is 20.5 Å². The number of hydrogen-bond acceptors (Lipinski definition) is 6. The van der Waals surface area contributed by atoms with Gasteiger partial charge in [-0.15, -0.1) is 0 Å². The van der Waals surface area contributed by atoms with E-state index in [0.29, 0.717) is 5.75 Å². The Labute approximate surface area is 159 Å². The molecule has 3 amide bonds. The van der Waals surface area contributed by atoms with E-state index >= 15 is 0 Å². The largest absolute Gasteiger partial charge is 0.451 e. The average Bonchev–Trinajstić information content (AvgIpc) is 2.59. The van der Waals surface area contributed by atoms with Gasteiger partial charge in [0.1, 0.15) is 11.8 Å². The maximum Gasteiger partial charge on any atom is 0.387 e. The zero-order chi connectivity index (χ0) is 20.4. The van der Waals surface area contributed by atoms with E-state index in [0.717, 1.165) is 0 Å². The van der Waals surface area contributed by atoms with Crippen LogP contribution in [0.25, 0.3) is 0 Å². The molecule has 27 heavy (non-hydrogen) atoms. The number of hydrogen-bond donors (Lipinski definition) is 3. The van der Waals surface area contributed by atoms with Crippen LogP contribution in [0.3, 0.4) is 0 Å². The Morgan fingerprint density at radius 3 is 2.52 bits per heavy atom. The van der Waals surface area contributed by atoms with Crippen LogP contribution in [0.4, 0.5) is 19.3 Å². The summed E-state index contributed by atoms with van der Waals surface area (Å²) in [6.45, 7) is -1.75. The molecule has 150 valence electrons. The van der Waals surface area contributed by atoms with Crippen molar-refractivity contribution >= 4 is 35.4 Å². The molecular weight excluding hydrogens is 384 g/mol. The zero-order valence-corrected chi connectivity index (χ0v) is 15.6. The molecule has 2 atom stereocenters. The Hall–Kier alpha value is -2.56. The topological polar surface area (TPSA) is 120 Å². The van der Waals surface area contributed by atoms with Gasteiger partial charge in [-0.05, 0) is 37.5 Å². The highest BCUT2D eigenvalue weighted by Gasteiger charge is 2.26. The molecule has 4 N–H and O–H groups in total. The fourth-order valence-corrected chi connectivity index (χ4v) is 2.44. The van der Waals surface area contributed by atoms with Gasteiger partial charge in [0.15, 0.2) is 6.10 Å². The molecule has 8 nitrogen and oxygen atoms in total. The summed E-state index contributed by atoms with van der Waals surface area (Å²) >= 11 is 1.45. The highest BCUT2D eigenvalue weighted by molar-refractivity contribution is 7.98. The van der Waals surface area contributed by atoms with E-state index in [4.69, 9.17) is 10.5 Å². The molecule has 0 aliphatic rings. The highest BCUT2D eigenvalue weighted by atomic mass is 32.2. The third-order valence-electron chi connectivity index (χ3n) is 3.23. The van der Waals surface area contributed by atoms with E-state index < -0.39 is 36.7 Å². The normalized spacial score (nSPS) is 12.8. The first-order valence-corrected chi connectivity index (χ1v) is 9.24. The van der Waals surface area contributed by atoms with Gasteiger partial charge in [-0.25, -0.2) is 9.59 Å². The monoisotopic (exact) mass is 405 g/mol. The Bertz CT molecular complexity index is 663. The lowest BCUT2D eigenvalue weighted by atomic mass is 10.2. The maximum absolute atomic E-state index is 12.4. The van der Waals surface area contributed by atoms with Crippen molar-refractivity contribution in [1.82, 2.24) is 5.32 Å². The van der Waals surface area contributed by atoms with Gasteiger partial charge < -0.3 is 25.8 Å². The van der Waals surface area contributed by atoms with E-state index in [1.165, 1.54) is 43.0 Å². The molecule has 1 rings (SSSR count). The Morgan fingerprint density at radius 2 is 1.93 bits per heavy atom. The number of para-hydroxylation sites is 2. The summed E-state index contributed by atoms with van der Waals surface area (Å²) in [5, 5.41) is 4.61. The minimum absolute atomic E-state index is 0.0000991. The summed E-state index contributed by atoms with van der Waals surface area (Å²) in [4.78, 5) is 35.4. The lowest BCUT2D eigenvalue weighted by molar-refractivity contribution is -0.155. The molecule has 0 saturated heterocycles. The third-order valence-corrected chi connectivity index (χ3v) is 3.88. The van der Waals surface area contributed by atoms with Crippen molar-refractivity contribution in [2.24, 2.45) is 5.73 Å². The van der Waals surface area contributed by atoms with Crippen LogP contribution in [0.5, 0.6) is 5.75 Å². The number of rotatable bonds is 10. The van der Waals surface area contributed by atoms with E-state index in [1.807, 2.05) is 6.26 Å². The number of nitrogens with two attached hydrogens (primary N) is 1. The molecule has 0 heterocycles. The fraction of sp³-hybridized carbons (Fsp3) is 0.438. The summed E-state index contributed by atoms with van der Waals surface area (Å²) < 4.78 is 34.2. The van der Waals surface area contributed by atoms with Gasteiger partial charge in [-0.1, -0.05) is 12.1 Å². The van der Waals surface area contributed by atoms with E-state index in [-0.39, 0.29) is 17.9 Å². The quantitative estimate of drug-likeness (QED) is 0.512. The molecule has 1 aromatic carbocycles. The number of nitrogens with one attached hydrogen (secondary N) is 2. The first-order valence-electron chi connectivity index (χ1n) is 7.84. The van der Waals surface area contributed by atoms with Crippen LogP contribution in [0.15, 0.2) is 24.3 Å². The predicted octanol–water partition coefficient (Wildman–Crippen LogP) is 1.95. The zero-order valence-electron chi connectivity index (χ0n) is 14.7. The van der Waals surface area contributed by atoms with Crippen LogP contribution in [0.1, 0.15) is 13.3 Å². The van der Waals surface area contributed by atoms with Crippen molar-refractivity contribution in [1.29, 1.82) is 0 Å². The first kappa shape index (κ1) is 22.5. The van der Waals surface area contributed by atoms with E-state index in [9.17, 15) is 23.2 Å². The number of primary amides is 1. The second kappa shape index (κ2) is 11.2. The number of esters is 1. The lowest BCUT2D eigenvalue weighted by Crippen LogP contribution is -2.46. The van der Waals surface area contributed by atoms with Crippen LogP contribution in [0, 0.1) is 0 Å². The lowest BCUT2D eigenvalue weighted by Gasteiger charge is -2.20. The third kappa shape index (κ3) is 8.11.